The quantitative estimate of drug-likeness (QED) is 0.782. The van der Waals surface area contributed by atoms with Crippen molar-refractivity contribution in [1.82, 2.24) is 4.98 Å². The maximum absolute atomic E-state index is 5.83. The van der Waals surface area contributed by atoms with Gasteiger partial charge in [-0.25, -0.2) is 0 Å². The second kappa shape index (κ2) is 5.31. The van der Waals surface area contributed by atoms with Gasteiger partial charge in [0.2, 0.25) is 0 Å². The van der Waals surface area contributed by atoms with Gasteiger partial charge in [0.05, 0.1) is 11.2 Å². The van der Waals surface area contributed by atoms with Gasteiger partial charge in [-0.3, -0.25) is 4.98 Å². The van der Waals surface area contributed by atoms with Gasteiger partial charge in [-0.05, 0) is 48.9 Å². The number of nitrogens with zero attached hydrogens (tertiary/aromatic N) is 1. The Morgan fingerprint density at radius 3 is 2.55 bits per heavy atom. The maximum atomic E-state index is 5.83. The summed E-state index contributed by atoms with van der Waals surface area (Å²) in [5.41, 5.74) is 8.68. The average molecular weight is 264 g/mol. The molecule has 0 aliphatic rings. The minimum atomic E-state index is 0.462. The molecule has 1 aromatic heterocycles. The molecular formula is C17H16N2O. The number of fused-ring (bicyclic) bond motifs is 1. The Balaban J connectivity index is 1.98. The lowest BCUT2D eigenvalue weighted by molar-refractivity contribution is 0.483. The van der Waals surface area contributed by atoms with Crippen LogP contribution < -0.4 is 10.5 Å². The number of aryl methyl sites for hydroxylation is 1. The molecule has 0 saturated carbocycles. The lowest BCUT2D eigenvalue weighted by atomic mass is 10.1. The van der Waals surface area contributed by atoms with E-state index in [0.717, 1.165) is 33.7 Å². The van der Waals surface area contributed by atoms with Crippen LogP contribution >= 0.6 is 0 Å². The van der Waals surface area contributed by atoms with Crippen LogP contribution in [0.3, 0.4) is 0 Å². The monoisotopic (exact) mass is 264 g/mol. The third kappa shape index (κ3) is 2.49. The highest BCUT2D eigenvalue weighted by Crippen LogP contribution is 2.25. The van der Waals surface area contributed by atoms with Crippen LogP contribution in [0, 0.1) is 6.92 Å². The summed E-state index contributed by atoms with van der Waals surface area (Å²) in [6.07, 6.45) is 0. The van der Waals surface area contributed by atoms with Crippen molar-refractivity contribution in [2.75, 3.05) is 0 Å². The van der Waals surface area contributed by atoms with E-state index in [4.69, 9.17) is 10.5 Å². The molecule has 3 nitrogen and oxygen atoms in total. The highest BCUT2D eigenvalue weighted by molar-refractivity contribution is 5.81. The fourth-order valence-electron chi connectivity index (χ4n) is 2.19. The summed E-state index contributed by atoms with van der Waals surface area (Å²) in [6, 6.07) is 17.7. The van der Waals surface area contributed by atoms with Crippen molar-refractivity contribution in [2.24, 2.45) is 5.73 Å². The molecular weight excluding hydrogens is 248 g/mol. The van der Waals surface area contributed by atoms with E-state index in [1.807, 2.05) is 55.5 Å². The smallest absolute Gasteiger partial charge is 0.128 e. The molecule has 100 valence electrons. The van der Waals surface area contributed by atoms with Gasteiger partial charge in [0, 0.05) is 11.9 Å². The zero-order valence-corrected chi connectivity index (χ0v) is 11.3. The van der Waals surface area contributed by atoms with Crippen LogP contribution in [0.25, 0.3) is 10.9 Å². The summed E-state index contributed by atoms with van der Waals surface area (Å²) in [6.45, 7) is 2.49. The largest absolute Gasteiger partial charge is 0.457 e. The van der Waals surface area contributed by atoms with E-state index in [0.29, 0.717) is 6.54 Å². The topological polar surface area (TPSA) is 48.1 Å². The molecule has 20 heavy (non-hydrogen) atoms. The van der Waals surface area contributed by atoms with Crippen LogP contribution in [0.2, 0.25) is 0 Å². The molecule has 3 rings (SSSR count). The zero-order chi connectivity index (χ0) is 13.9. The standard InChI is InChI=1S/C17H16N2O/c1-12-9-13-10-15(20-14-5-3-2-4-6-14)7-8-16(13)19-17(12)11-18/h2-10H,11,18H2,1H3. The normalized spacial score (nSPS) is 10.7. The third-order valence-corrected chi connectivity index (χ3v) is 3.25. The minimum absolute atomic E-state index is 0.462. The van der Waals surface area contributed by atoms with Crippen molar-refractivity contribution in [3.8, 4) is 11.5 Å². The van der Waals surface area contributed by atoms with E-state index in [9.17, 15) is 0 Å². The van der Waals surface area contributed by atoms with Gasteiger partial charge in [-0.1, -0.05) is 18.2 Å². The average Bonchev–Trinajstić information content (AvgIpc) is 2.47. The number of benzene rings is 2. The van der Waals surface area contributed by atoms with Crippen molar-refractivity contribution in [1.29, 1.82) is 0 Å². The van der Waals surface area contributed by atoms with Crippen LogP contribution in [0.1, 0.15) is 11.3 Å². The second-order valence-corrected chi connectivity index (χ2v) is 4.73. The van der Waals surface area contributed by atoms with E-state index >= 15 is 0 Å². The van der Waals surface area contributed by atoms with E-state index in [1.54, 1.807) is 0 Å². The number of ether oxygens (including phenoxy) is 1. The predicted octanol–water partition coefficient (Wildman–Crippen LogP) is 3.79. The summed E-state index contributed by atoms with van der Waals surface area (Å²) in [7, 11) is 0. The lowest BCUT2D eigenvalue weighted by Crippen LogP contribution is -2.02. The molecule has 0 atom stereocenters. The highest BCUT2D eigenvalue weighted by atomic mass is 16.5. The van der Waals surface area contributed by atoms with E-state index < -0.39 is 0 Å². The third-order valence-electron chi connectivity index (χ3n) is 3.25. The van der Waals surface area contributed by atoms with Crippen LogP contribution in [0.15, 0.2) is 54.6 Å². The lowest BCUT2D eigenvalue weighted by Gasteiger charge is -2.08. The van der Waals surface area contributed by atoms with Crippen LogP contribution in [-0.4, -0.2) is 4.98 Å². The first-order valence-corrected chi connectivity index (χ1v) is 6.59. The number of pyridine rings is 1. The summed E-state index contributed by atoms with van der Waals surface area (Å²) in [4.78, 5) is 4.56. The number of nitrogens with two attached hydrogens (primary N) is 1. The zero-order valence-electron chi connectivity index (χ0n) is 11.3. The molecule has 1 heterocycles. The van der Waals surface area contributed by atoms with E-state index in [2.05, 4.69) is 11.1 Å². The fourth-order valence-corrected chi connectivity index (χ4v) is 2.19. The number of hydrogen-bond donors (Lipinski definition) is 1. The molecule has 0 spiro atoms. The van der Waals surface area contributed by atoms with Gasteiger partial charge in [-0.15, -0.1) is 0 Å². The molecule has 2 N–H and O–H groups in total. The molecule has 0 bridgehead atoms. The van der Waals surface area contributed by atoms with Gasteiger partial charge >= 0.3 is 0 Å². The van der Waals surface area contributed by atoms with E-state index in [-0.39, 0.29) is 0 Å². The summed E-state index contributed by atoms with van der Waals surface area (Å²) in [5, 5.41) is 1.06. The molecule has 0 aliphatic carbocycles. The van der Waals surface area contributed by atoms with Crippen molar-refractivity contribution in [3.63, 3.8) is 0 Å². The number of aromatic nitrogens is 1. The Morgan fingerprint density at radius 1 is 1.00 bits per heavy atom. The van der Waals surface area contributed by atoms with Crippen molar-refractivity contribution in [2.45, 2.75) is 13.5 Å². The van der Waals surface area contributed by atoms with Crippen molar-refractivity contribution < 1.29 is 4.74 Å². The molecule has 0 fully saturated rings. The first-order valence-electron chi connectivity index (χ1n) is 6.59. The number of rotatable bonds is 3. The molecule has 0 amide bonds. The SMILES string of the molecule is Cc1cc2cc(Oc3ccccc3)ccc2nc1CN. The van der Waals surface area contributed by atoms with Gasteiger partial charge < -0.3 is 10.5 Å². The predicted molar refractivity (Wildman–Crippen MR) is 80.9 cm³/mol. The molecule has 0 aliphatic heterocycles. The Morgan fingerprint density at radius 2 is 1.80 bits per heavy atom. The Kier molecular flexibility index (Phi) is 3.35. The van der Waals surface area contributed by atoms with Crippen LogP contribution in [0.4, 0.5) is 0 Å². The molecule has 2 aromatic carbocycles. The minimum Gasteiger partial charge on any atom is -0.457 e. The number of hydrogen-bond acceptors (Lipinski definition) is 3. The molecule has 0 unspecified atom stereocenters. The molecule has 3 heteroatoms. The van der Waals surface area contributed by atoms with Gasteiger partial charge in [0.15, 0.2) is 0 Å². The summed E-state index contributed by atoms with van der Waals surface area (Å²) < 4.78 is 5.83. The first-order chi connectivity index (χ1) is 9.76. The van der Waals surface area contributed by atoms with Crippen LogP contribution in [-0.2, 0) is 6.54 Å². The maximum Gasteiger partial charge on any atom is 0.128 e. The van der Waals surface area contributed by atoms with Crippen molar-refractivity contribution in [3.05, 3.63) is 65.9 Å². The van der Waals surface area contributed by atoms with E-state index in [1.165, 1.54) is 0 Å². The molecule has 3 aromatic rings. The Bertz CT molecular complexity index is 739. The van der Waals surface area contributed by atoms with Gasteiger partial charge in [-0.2, -0.15) is 0 Å². The van der Waals surface area contributed by atoms with Gasteiger partial charge in [0.1, 0.15) is 11.5 Å². The first kappa shape index (κ1) is 12.6. The Hall–Kier alpha value is -2.39. The molecule has 0 radical (unpaired) electrons. The van der Waals surface area contributed by atoms with Crippen molar-refractivity contribution >= 4 is 10.9 Å². The van der Waals surface area contributed by atoms with Crippen LogP contribution in [0.5, 0.6) is 11.5 Å². The number of para-hydroxylation sites is 1. The van der Waals surface area contributed by atoms with Gasteiger partial charge in [0.25, 0.3) is 0 Å². The fraction of sp³-hybridized carbons (Fsp3) is 0.118. The summed E-state index contributed by atoms with van der Waals surface area (Å²) in [5.74, 6) is 1.64. The summed E-state index contributed by atoms with van der Waals surface area (Å²) >= 11 is 0. The highest BCUT2D eigenvalue weighted by Gasteiger charge is 2.04. The second-order valence-electron chi connectivity index (χ2n) is 4.73. The Labute approximate surface area is 118 Å². The molecule has 0 saturated heterocycles.